The van der Waals surface area contributed by atoms with E-state index in [1.54, 1.807) is 0 Å². The van der Waals surface area contributed by atoms with Gasteiger partial charge in [0.25, 0.3) is 0 Å². The molecular weight excluding hydrogens is 260 g/mol. The lowest BCUT2D eigenvalue weighted by Crippen LogP contribution is -2.17. The van der Waals surface area contributed by atoms with Crippen LogP contribution in [0.15, 0.2) is 36.4 Å². The van der Waals surface area contributed by atoms with Gasteiger partial charge in [-0.15, -0.1) is 0 Å². The highest BCUT2D eigenvalue weighted by Crippen LogP contribution is 2.20. The van der Waals surface area contributed by atoms with Crippen molar-refractivity contribution >= 4 is 11.6 Å². The van der Waals surface area contributed by atoms with Gasteiger partial charge < -0.3 is 10.6 Å². The summed E-state index contributed by atoms with van der Waals surface area (Å²) >= 11 is 0. The zero-order valence-electron chi connectivity index (χ0n) is 13.2. The summed E-state index contributed by atoms with van der Waals surface area (Å²) in [6.45, 7) is 7.63. The Bertz CT molecular complexity index is 566. The van der Waals surface area contributed by atoms with Gasteiger partial charge in [-0.2, -0.15) is 0 Å². The largest absolute Gasteiger partial charge is 0.373 e. The summed E-state index contributed by atoms with van der Waals surface area (Å²) in [4.78, 5) is 9.14. The molecular formula is C17H24N4. The van der Waals surface area contributed by atoms with Crippen LogP contribution in [0.3, 0.4) is 0 Å². The van der Waals surface area contributed by atoms with E-state index in [1.807, 2.05) is 43.4 Å². The summed E-state index contributed by atoms with van der Waals surface area (Å²) in [6.07, 6.45) is 0. The van der Waals surface area contributed by atoms with Gasteiger partial charge in [0.1, 0.15) is 11.6 Å². The molecule has 0 spiro atoms. The number of aromatic nitrogens is 2. The zero-order chi connectivity index (χ0) is 15.2. The fourth-order valence-corrected chi connectivity index (χ4v) is 1.88. The van der Waals surface area contributed by atoms with E-state index < -0.39 is 0 Å². The molecule has 1 heterocycles. The second-order valence-corrected chi connectivity index (χ2v) is 5.68. The van der Waals surface area contributed by atoms with Crippen molar-refractivity contribution in [1.82, 2.24) is 9.97 Å². The van der Waals surface area contributed by atoms with Crippen molar-refractivity contribution < 1.29 is 0 Å². The molecule has 0 radical (unpaired) electrons. The molecule has 0 aliphatic heterocycles. The molecule has 21 heavy (non-hydrogen) atoms. The van der Waals surface area contributed by atoms with E-state index >= 15 is 0 Å². The first-order valence-electron chi connectivity index (χ1n) is 7.46. The van der Waals surface area contributed by atoms with Crippen molar-refractivity contribution in [1.29, 1.82) is 0 Å². The van der Waals surface area contributed by atoms with Crippen LogP contribution in [-0.2, 0) is 0 Å². The molecule has 2 aromatic rings. The predicted molar refractivity (Wildman–Crippen MR) is 89.5 cm³/mol. The summed E-state index contributed by atoms with van der Waals surface area (Å²) < 4.78 is 0. The van der Waals surface area contributed by atoms with E-state index in [2.05, 4.69) is 41.4 Å². The van der Waals surface area contributed by atoms with Gasteiger partial charge in [-0.1, -0.05) is 51.1 Å². The van der Waals surface area contributed by atoms with Gasteiger partial charge in [-0.05, 0) is 11.8 Å². The number of hydrogen-bond donors (Lipinski definition) is 2. The molecule has 2 rings (SSSR count). The predicted octanol–water partition coefficient (Wildman–Crippen LogP) is 3.89. The molecule has 4 heteroatoms. The molecule has 4 nitrogen and oxygen atoms in total. The molecule has 1 aromatic carbocycles. The van der Waals surface area contributed by atoms with Crippen LogP contribution in [0.2, 0.25) is 0 Å². The maximum Gasteiger partial charge on any atom is 0.163 e. The Morgan fingerprint density at radius 2 is 1.67 bits per heavy atom. The normalized spacial score (nSPS) is 12.2. The van der Waals surface area contributed by atoms with E-state index in [-0.39, 0.29) is 0 Å². The average Bonchev–Trinajstić information content (AvgIpc) is 2.52. The van der Waals surface area contributed by atoms with E-state index in [4.69, 9.17) is 0 Å². The first-order chi connectivity index (χ1) is 10.1. The maximum atomic E-state index is 4.62. The number of hydrogen-bond acceptors (Lipinski definition) is 4. The van der Waals surface area contributed by atoms with E-state index in [9.17, 15) is 0 Å². The van der Waals surface area contributed by atoms with Crippen LogP contribution in [0.5, 0.6) is 0 Å². The number of nitrogens with one attached hydrogen (secondary N) is 2. The quantitative estimate of drug-likeness (QED) is 0.845. The van der Waals surface area contributed by atoms with Gasteiger partial charge in [0, 0.05) is 25.2 Å². The van der Waals surface area contributed by atoms with Crippen molar-refractivity contribution in [2.45, 2.75) is 20.8 Å². The van der Waals surface area contributed by atoms with Crippen molar-refractivity contribution in [3.63, 3.8) is 0 Å². The second kappa shape index (κ2) is 7.07. The first kappa shape index (κ1) is 15.3. The van der Waals surface area contributed by atoms with Crippen LogP contribution in [0.4, 0.5) is 11.6 Å². The molecule has 0 fully saturated rings. The van der Waals surface area contributed by atoms with Gasteiger partial charge in [0.15, 0.2) is 5.82 Å². The van der Waals surface area contributed by atoms with Crippen LogP contribution in [-0.4, -0.2) is 23.6 Å². The number of nitrogens with zero attached hydrogens (tertiary/aromatic N) is 2. The molecule has 0 aliphatic rings. The van der Waals surface area contributed by atoms with Crippen LogP contribution < -0.4 is 10.6 Å². The third-order valence-electron chi connectivity index (χ3n) is 3.76. The molecule has 1 aromatic heterocycles. The Morgan fingerprint density at radius 3 is 2.29 bits per heavy atom. The van der Waals surface area contributed by atoms with E-state index in [0.717, 1.165) is 29.6 Å². The summed E-state index contributed by atoms with van der Waals surface area (Å²) in [5.74, 6) is 3.67. The Morgan fingerprint density at radius 1 is 1.00 bits per heavy atom. The highest BCUT2D eigenvalue weighted by Gasteiger charge is 2.09. The van der Waals surface area contributed by atoms with Crippen molar-refractivity contribution in [2.75, 3.05) is 24.2 Å². The molecule has 1 unspecified atom stereocenters. The van der Waals surface area contributed by atoms with Gasteiger partial charge in [-0.25, -0.2) is 9.97 Å². The summed E-state index contributed by atoms with van der Waals surface area (Å²) in [7, 11) is 1.87. The second-order valence-electron chi connectivity index (χ2n) is 5.68. The lowest BCUT2D eigenvalue weighted by molar-refractivity contribution is 0.439. The minimum Gasteiger partial charge on any atom is -0.373 e. The summed E-state index contributed by atoms with van der Waals surface area (Å²) in [6, 6.07) is 12.0. The summed E-state index contributed by atoms with van der Waals surface area (Å²) in [5.41, 5.74) is 1.02. The highest BCUT2D eigenvalue weighted by molar-refractivity contribution is 5.61. The third-order valence-corrected chi connectivity index (χ3v) is 3.76. The van der Waals surface area contributed by atoms with Crippen LogP contribution in [0, 0.1) is 11.8 Å². The van der Waals surface area contributed by atoms with Crippen LogP contribution in [0.25, 0.3) is 11.4 Å². The lowest BCUT2D eigenvalue weighted by Gasteiger charge is -2.17. The third kappa shape index (κ3) is 4.18. The maximum absolute atomic E-state index is 4.62. The minimum absolute atomic E-state index is 0.596. The lowest BCUT2D eigenvalue weighted by atomic mass is 9.98. The van der Waals surface area contributed by atoms with Crippen molar-refractivity contribution in [3.8, 4) is 11.4 Å². The molecule has 2 N–H and O–H groups in total. The smallest absolute Gasteiger partial charge is 0.163 e. The molecule has 0 saturated heterocycles. The van der Waals surface area contributed by atoms with Crippen LogP contribution >= 0.6 is 0 Å². The molecule has 0 bridgehead atoms. The topological polar surface area (TPSA) is 49.8 Å². The molecule has 0 saturated carbocycles. The first-order valence-corrected chi connectivity index (χ1v) is 7.46. The van der Waals surface area contributed by atoms with Gasteiger partial charge >= 0.3 is 0 Å². The Labute approximate surface area is 127 Å². The fourth-order valence-electron chi connectivity index (χ4n) is 1.88. The van der Waals surface area contributed by atoms with Gasteiger partial charge in [0.2, 0.25) is 0 Å². The van der Waals surface area contributed by atoms with E-state index in [1.165, 1.54) is 0 Å². The SMILES string of the molecule is CNc1cc(NCC(C)C(C)C)nc(-c2ccccc2)n1. The monoisotopic (exact) mass is 284 g/mol. The Kier molecular flexibility index (Phi) is 5.14. The molecule has 112 valence electrons. The van der Waals surface area contributed by atoms with Gasteiger partial charge in [0.05, 0.1) is 0 Å². The summed E-state index contributed by atoms with van der Waals surface area (Å²) in [5, 5.41) is 6.52. The molecule has 1 atom stereocenters. The number of anilines is 2. The Hall–Kier alpha value is -2.10. The van der Waals surface area contributed by atoms with Crippen LogP contribution in [0.1, 0.15) is 20.8 Å². The minimum atomic E-state index is 0.596. The molecule has 0 amide bonds. The van der Waals surface area contributed by atoms with E-state index in [0.29, 0.717) is 11.8 Å². The molecule has 0 aliphatic carbocycles. The zero-order valence-corrected chi connectivity index (χ0v) is 13.2. The fraction of sp³-hybridized carbons (Fsp3) is 0.412. The standard InChI is InChI=1S/C17H24N4/c1-12(2)13(3)11-19-16-10-15(18-4)20-17(21-16)14-8-6-5-7-9-14/h5-10,12-13H,11H2,1-4H3,(H2,18,19,20,21). The van der Waals surface area contributed by atoms with Gasteiger partial charge in [-0.3, -0.25) is 0 Å². The number of rotatable bonds is 6. The Balaban J connectivity index is 2.22. The highest BCUT2D eigenvalue weighted by atomic mass is 15.1. The van der Waals surface area contributed by atoms with Crippen molar-refractivity contribution in [3.05, 3.63) is 36.4 Å². The number of benzene rings is 1. The average molecular weight is 284 g/mol. The van der Waals surface area contributed by atoms with Crippen molar-refractivity contribution in [2.24, 2.45) is 11.8 Å².